The predicted octanol–water partition coefficient (Wildman–Crippen LogP) is 5.76. The number of methoxy groups -OCH3 is 1. The number of halogens is 6. The first-order valence-corrected chi connectivity index (χ1v) is 12.9. The van der Waals surface area contributed by atoms with Gasteiger partial charge in [-0.2, -0.15) is 31.5 Å². The molecule has 0 amide bonds. The molecule has 4 rings (SSSR count). The maximum atomic E-state index is 13.5. The lowest BCUT2D eigenvalue weighted by molar-refractivity contribution is -0.227. The van der Waals surface area contributed by atoms with Gasteiger partial charge in [0, 0.05) is 39.8 Å². The van der Waals surface area contributed by atoms with Crippen molar-refractivity contribution in [1.29, 1.82) is 0 Å². The Labute approximate surface area is 233 Å². The van der Waals surface area contributed by atoms with Crippen molar-refractivity contribution < 1.29 is 40.6 Å². The van der Waals surface area contributed by atoms with Crippen molar-refractivity contribution in [3.8, 4) is 0 Å². The highest BCUT2D eigenvalue weighted by atomic mass is 19.4. The molecular weight excluding hydrogens is 556 g/mol. The van der Waals surface area contributed by atoms with Crippen molar-refractivity contribution in [2.75, 3.05) is 40.0 Å². The molecule has 0 aliphatic carbocycles. The molecular formula is C27H31F6N5O3. The summed E-state index contributed by atoms with van der Waals surface area (Å²) in [5.74, 6) is 0. The van der Waals surface area contributed by atoms with Crippen LogP contribution in [0.15, 0.2) is 64.0 Å². The summed E-state index contributed by atoms with van der Waals surface area (Å²) >= 11 is 0. The van der Waals surface area contributed by atoms with Crippen molar-refractivity contribution in [1.82, 2.24) is 4.90 Å². The van der Waals surface area contributed by atoms with Crippen LogP contribution in [0.1, 0.15) is 47.7 Å². The molecule has 2 unspecified atom stereocenters. The third-order valence-corrected chi connectivity index (χ3v) is 7.22. The van der Waals surface area contributed by atoms with Gasteiger partial charge in [0.1, 0.15) is 5.54 Å². The molecule has 224 valence electrons. The number of benzene rings is 2. The Morgan fingerprint density at radius 2 is 1.73 bits per heavy atom. The molecule has 14 heteroatoms. The average Bonchev–Trinajstić information content (AvgIpc) is 3.33. The van der Waals surface area contributed by atoms with Crippen LogP contribution < -0.4 is 5.73 Å². The SMILES string of the molecule is COCCC1(CN)N=NN=C1CN1CCO[C@H](OC(C)c2cc(C(F)(F)F)cc(C(F)(F)F)c2)[C@@H]1c1ccccc1. The van der Waals surface area contributed by atoms with Crippen LogP contribution in [-0.4, -0.2) is 62.4 Å². The minimum absolute atomic E-state index is 0.0908. The van der Waals surface area contributed by atoms with Crippen molar-refractivity contribution >= 4 is 5.71 Å². The summed E-state index contributed by atoms with van der Waals surface area (Å²) < 4.78 is 98.1. The maximum absolute atomic E-state index is 13.5. The molecule has 0 spiro atoms. The molecule has 2 aliphatic rings. The highest BCUT2D eigenvalue weighted by Gasteiger charge is 2.43. The molecule has 0 saturated carbocycles. The van der Waals surface area contributed by atoms with Gasteiger partial charge in [0.15, 0.2) is 6.29 Å². The lowest BCUT2D eigenvalue weighted by atomic mass is 9.89. The monoisotopic (exact) mass is 587 g/mol. The zero-order chi connectivity index (χ0) is 29.8. The topological polar surface area (TPSA) is 94.0 Å². The second-order valence-corrected chi connectivity index (χ2v) is 9.90. The number of alkyl halides is 6. The van der Waals surface area contributed by atoms with Gasteiger partial charge in [-0.15, -0.1) is 5.10 Å². The van der Waals surface area contributed by atoms with E-state index in [1.165, 1.54) is 6.92 Å². The van der Waals surface area contributed by atoms with E-state index < -0.39 is 47.5 Å². The molecule has 0 radical (unpaired) electrons. The van der Waals surface area contributed by atoms with E-state index in [9.17, 15) is 26.3 Å². The van der Waals surface area contributed by atoms with Crippen LogP contribution in [0.4, 0.5) is 26.3 Å². The van der Waals surface area contributed by atoms with Gasteiger partial charge in [-0.05, 0) is 41.5 Å². The van der Waals surface area contributed by atoms with E-state index in [4.69, 9.17) is 19.9 Å². The van der Waals surface area contributed by atoms with Crippen LogP contribution in [0.5, 0.6) is 0 Å². The number of hydrogen-bond acceptors (Lipinski definition) is 8. The molecule has 2 aliphatic heterocycles. The third-order valence-electron chi connectivity index (χ3n) is 7.22. The van der Waals surface area contributed by atoms with Gasteiger partial charge in [0.05, 0.1) is 35.6 Å². The van der Waals surface area contributed by atoms with E-state index in [1.807, 2.05) is 35.2 Å². The number of nitrogens with two attached hydrogens (primary N) is 1. The Hall–Kier alpha value is -2.91. The summed E-state index contributed by atoms with van der Waals surface area (Å²) in [5, 5.41) is 12.4. The molecule has 4 atom stereocenters. The fourth-order valence-corrected chi connectivity index (χ4v) is 4.90. The molecule has 8 nitrogen and oxygen atoms in total. The molecule has 1 fully saturated rings. The van der Waals surface area contributed by atoms with Crippen molar-refractivity contribution in [2.24, 2.45) is 21.2 Å². The van der Waals surface area contributed by atoms with Crippen LogP contribution in [0, 0.1) is 0 Å². The molecule has 1 saturated heterocycles. The highest BCUT2D eigenvalue weighted by molar-refractivity contribution is 5.96. The number of rotatable bonds is 10. The minimum atomic E-state index is -4.98. The smallest absolute Gasteiger partial charge is 0.385 e. The maximum Gasteiger partial charge on any atom is 0.416 e. The van der Waals surface area contributed by atoms with Crippen LogP contribution in [0.3, 0.4) is 0 Å². The Morgan fingerprint density at radius 3 is 2.32 bits per heavy atom. The summed E-state index contributed by atoms with van der Waals surface area (Å²) in [5.41, 5.74) is 3.50. The van der Waals surface area contributed by atoms with E-state index in [2.05, 4.69) is 15.4 Å². The second kappa shape index (κ2) is 12.5. The minimum Gasteiger partial charge on any atom is -0.385 e. The van der Waals surface area contributed by atoms with Gasteiger partial charge >= 0.3 is 12.4 Å². The zero-order valence-electron chi connectivity index (χ0n) is 22.5. The highest BCUT2D eigenvalue weighted by Crippen LogP contribution is 2.40. The van der Waals surface area contributed by atoms with E-state index in [0.717, 1.165) is 5.56 Å². The third kappa shape index (κ3) is 7.12. The molecule has 2 N–H and O–H groups in total. The van der Waals surface area contributed by atoms with Crippen LogP contribution in [-0.2, 0) is 26.6 Å². The number of ether oxygens (including phenoxy) is 3. The standard InChI is InChI=1S/C27H31F6N5O3/c1-17(19-12-20(26(28,29)30)14-21(13-19)27(31,32)33)41-24-23(18-6-4-3-5-7-18)38(9-11-40-24)15-22-25(16-34,8-10-39-2)36-37-35-22/h3-7,12-14,17,23-24H,8-11,15-16,34H2,1-2H3/t17?,23-,24+,25?/m0/s1. The predicted molar refractivity (Wildman–Crippen MR) is 137 cm³/mol. The van der Waals surface area contributed by atoms with Crippen LogP contribution >= 0.6 is 0 Å². The Balaban J connectivity index is 1.64. The molecule has 2 heterocycles. The lowest BCUT2D eigenvalue weighted by Gasteiger charge is -2.43. The average molecular weight is 588 g/mol. The fraction of sp³-hybridized carbons (Fsp3) is 0.519. The number of morpholine rings is 1. The number of nitrogens with zero attached hydrogens (tertiary/aromatic N) is 4. The Morgan fingerprint density at radius 1 is 1.07 bits per heavy atom. The van der Waals surface area contributed by atoms with E-state index in [-0.39, 0.29) is 31.3 Å². The normalized spacial score (nSPS) is 24.5. The van der Waals surface area contributed by atoms with Gasteiger partial charge in [0.25, 0.3) is 0 Å². The largest absolute Gasteiger partial charge is 0.416 e. The Kier molecular flexibility index (Phi) is 9.49. The summed E-state index contributed by atoms with van der Waals surface area (Å²) in [6.45, 7) is 2.80. The lowest BCUT2D eigenvalue weighted by Crippen LogP contribution is -2.53. The molecule has 0 bridgehead atoms. The van der Waals surface area contributed by atoms with E-state index in [0.29, 0.717) is 37.4 Å². The molecule has 2 aromatic rings. The van der Waals surface area contributed by atoms with E-state index in [1.54, 1.807) is 7.11 Å². The van der Waals surface area contributed by atoms with Gasteiger partial charge in [-0.25, -0.2) is 0 Å². The van der Waals surface area contributed by atoms with Gasteiger partial charge in [-0.1, -0.05) is 30.3 Å². The van der Waals surface area contributed by atoms with Crippen LogP contribution in [0.2, 0.25) is 0 Å². The fourth-order valence-electron chi connectivity index (χ4n) is 4.90. The van der Waals surface area contributed by atoms with Gasteiger partial charge in [0.2, 0.25) is 0 Å². The second-order valence-electron chi connectivity index (χ2n) is 9.90. The Bertz CT molecular complexity index is 1210. The first-order chi connectivity index (χ1) is 19.4. The molecule has 0 aromatic heterocycles. The summed E-state index contributed by atoms with van der Waals surface area (Å²) in [4.78, 5) is 2.01. The van der Waals surface area contributed by atoms with Crippen LogP contribution in [0.25, 0.3) is 0 Å². The zero-order valence-corrected chi connectivity index (χ0v) is 22.5. The van der Waals surface area contributed by atoms with Crippen molar-refractivity contribution in [3.05, 3.63) is 70.8 Å². The summed E-state index contributed by atoms with van der Waals surface area (Å²) in [6.07, 6.45) is -11.7. The van der Waals surface area contributed by atoms with Gasteiger partial charge < -0.3 is 19.9 Å². The summed E-state index contributed by atoms with van der Waals surface area (Å²) in [7, 11) is 1.56. The van der Waals surface area contributed by atoms with E-state index >= 15 is 0 Å². The quantitative estimate of drug-likeness (QED) is 0.357. The van der Waals surface area contributed by atoms with Crippen molar-refractivity contribution in [2.45, 2.75) is 49.7 Å². The van der Waals surface area contributed by atoms with Gasteiger partial charge in [-0.3, -0.25) is 4.90 Å². The van der Waals surface area contributed by atoms with Crippen molar-refractivity contribution in [3.63, 3.8) is 0 Å². The summed E-state index contributed by atoms with van der Waals surface area (Å²) in [6, 6.07) is 9.96. The first kappa shape index (κ1) is 31.0. The number of hydrogen-bond donors (Lipinski definition) is 1. The molecule has 2 aromatic carbocycles. The first-order valence-electron chi connectivity index (χ1n) is 12.9. The molecule has 41 heavy (non-hydrogen) atoms.